The Morgan fingerprint density at radius 3 is 2.60 bits per heavy atom. The minimum absolute atomic E-state index is 0.116. The summed E-state index contributed by atoms with van der Waals surface area (Å²) in [6.07, 6.45) is 1.43. The summed E-state index contributed by atoms with van der Waals surface area (Å²) in [5.41, 5.74) is 3.29. The lowest BCUT2D eigenvalue weighted by Gasteiger charge is -2.03. The first-order valence-electron chi connectivity index (χ1n) is 7.56. The van der Waals surface area contributed by atoms with E-state index in [2.05, 4.69) is 10.5 Å². The molecule has 0 aliphatic rings. The maximum absolute atomic E-state index is 11.7. The molecule has 0 atom stereocenters. The van der Waals surface area contributed by atoms with Gasteiger partial charge in [0.25, 0.3) is 5.91 Å². The van der Waals surface area contributed by atoms with Crippen molar-refractivity contribution in [1.82, 2.24) is 5.43 Å². The van der Waals surface area contributed by atoms with Crippen molar-refractivity contribution >= 4 is 23.7 Å². The van der Waals surface area contributed by atoms with Crippen molar-refractivity contribution in [2.75, 3.05) is 6.61 Å². The zero-order valence-electron chi connectivity index (χ0n) is 13.2. The number of para-hydroxylation sites is 1. The van der Waals surface area contributed by atoms with Gasteiger partial charge in [-0.05, 0) is 48.5 Å². The van der Waals surface area contributed by atoms with Gasteiger partial charge in [0.15, 0.2) is 6.61 Å². The zero-order valence-corrected chi connectivity index (χ0v) is 13.9. The van der Waals surface area contributed by atoms with Gasteiger partial charge in [0.1, 0.15) is 17.3 Å². The number of rotatable bonds is 6. The van der Waals surface area contributed by atoms with E-state index in [1.807, 2.05) is 36.4 Å². The van der Waals surface area contributed by atoms with Crippen molar-refractivity contribution in [3.63, 3.8) is 0 Å². The van der Waals surface area contributed by atoms with E-state index in [0.717, 1.165) is 5.56 Å². The fraction of sp³-hybridized carbons (Fsp3) is 0.0526. The summed E-state index contributed by atoms with van der Waals surface area (Å²) in [5, 5.41) is 4.52. The smallest absolute Gasteiger partial charge is 0.277 e. The number of benzene rings is 2. The van der Waals surface area contributed by atoms with Gasteiger partial charge in [-0.1, -0.05) is 29.8 Å². The SMILES string of the molecule is O=C(COc1ccccc1)N/N=C\c1ccc(-c2ccc(Cl)cc2)o1. The third kappa shape index (κ3) is 4.96. The molecule has 1 amide bonds. The summed E-state index contributed by atoms with van der Waals surface area (Å²) in [6.45, 7) is -0.116. The quantitative estimate of drug-likeness (QED) is 0.534. The molecule has 0 saturated heterocycles. The van der Waals surface area contributed by atoms with Gasteiger partial charge in [0, 0.05) is 10.6 Å². The number of hydrogen-bond donors (Lipinski definition) is 1. The lowest BCUT2D eigenvalue weighted by Crippen LogP contribution is -2.24. The Kier molecular flexibility index (Phi) is 5.49. The minimum atomic E-state index is -0.357. The van der Waals surface area contributed by atoms with Crippen molar-refractivity contribution in [1.29, 1.82) is 0 Å². The van der Waals surface area contributed by atoms with Gasteiger partial charge in [-0.25, -0.2) is 5.43 Å². The minimum Gasteiger partial charge on any atom is -0.484 e. The summed E-state index contributed by atoms with van der Waals surface area (Å²) in [5.74, 6) is 1.48. The van der Waals surface area contributed by atoms with E-state index in [0.29, 0.717) is 22.3 Å². The highest BCUT2D eigenvalue weighted by molar-refractivity contribution is 6.30. The number of halogens is 1. The lowest BCUT2D eigenvalue weighted by atomic mass is 10.2. The van der Waals surface area contributed by atoms with E-state index in [1.165, 1.54) is 6.21 Å². The van der Waals surface area contributed by atoms with Gasteiger partial charge >= 0.3 is 0 Å². The van der Waals surface area contributed by atoms with Crippen molar-refractivity contribution in [3.05, 3.63) is 77.5 Å². The molecule has 3 rings (SSSR count). The number of furan rings is 1. The van der Waals surface area contributed by atoms with Gasteiger partial charge in [-0.3, -0.25) is 4.79 Å². The second-order valence-electron chi connectivity index (χ2n) is 5.10. The first-order valence-corrected chi connectivity index (χ1v) is 7.94. The molecular weight excluding hydrogens is 340 g/mol. The third-order valence-corrected chi connectivity index (χ3v) is 3.50. The molecular formula is C19H15ClN2O3. The highest BCUT2D eigenvalue weighted by Gasteiger charge is 2.04. The van der Waals surface area contributed by atoms with Gasteiger partial charge < -0.3 is 9.15 Å². The van der Waals surface area contributed by atoms with E-state index in [-0.39, 0.29) is 12.5 Å². The number of nitrogens with one attached hydrogen (secondary N) is 1. The second kappa shape index (κ2) is 8.17. The molecule has 2 aromatic carbocycles. The van der Waals surface area contributed by atoms with E-state index >= 15 is 0 Å². The molecule has 0 radical (unpaired) electrons. The van der Waals surface area contributed by atoms with E-state index in [9.17, 15) is 4.79 Å². The number of hydrogen-bond acceptors (Lipinski definition) is 4. The number of hydrazone groups is 1. The van der Waals surface area contributed by atoms with Gasteiger partial charge in [-0.15, -0.1) is 0 Å². The Labute approximate surface area is 149 Å². The fourth-order valence-electron chi connectivity index (χ4n) is 2.06. The van der Waals surface area contributed by atoms with E-state index < -0.39 is 0 Å². The zero-order chi connectivity index (χ0) is 17.5. The van der Waals surface area contributed by atoms with Crippen LogP contribution in [0.25, 0.3) is 11.3 Å². The number of ether oxygens (including phenoxy) is 1. The fourth-order valence-corrected chi connectivity index (χ4v) is 2.18. The highest BCUT2D eigenvalue weighted by Crippen LogP contribution is 2.23. The molecule has 1 N–H and O–H groups in total. The number of nitrogens with zero attached hydrogens (tertiary/aromatic N) is 1. The van der Waals surface area contributed by atoms with Crippen LogP contribution in [-0.4, -0.2) is 18.7 Å². The Hall–Kier alpha value is -3.05. The topological polar surface area (TPSA) is 63.8 Å². The Balaban J connectivity index is 1.50. The monoisotopic (exact) mass is 354 g/mol. The maximum Gasteiger partial charge on any atom is 0.277 e. The first kappa shape index (κ1) is 16.8. The van der Waals surface area contributed by atoms with Gasteiger partial charge in [0.05, 0.1) is 6.21 Å². The van der Waals surface area contributed by atoms with Crippen LogP contribution in [0.4, 0.5) is 0 Å². The molecule has 0 saturated carbocycles. The number of carbonyl (C=O) groups excluding carboxylic acids is 1. The van der Waals surface area contributed by atoms with Gasteiger partial charge in [-0.2, -0.15) is 5.10 Å². The van der Waals surface area contributed by atoms with Crippen LogP contribution in [0.15, 0.2) is 76.2 Å². The molecule has 3 aromatic rings. The van der Waals surface area contributed by atoms with Crippen LogP contribution in [0.5, 0.6) is 5.75 Å². The van der Waals surface area contributed by atoms with Crippen LogP contribution < -0.4 is 10.2 Å². The van der Waals surface area contributed by atoms with Crippen molar-refractivity contribution in [3.8, 4) is 17.1 Å². The molecule has 0 aliphatic carbocycles. The van der Waals surface area contributed by atoms with Crippen molar-refractivity contribution in [2.45, 2.75) is 0 Å². The summed E-state index contributed by atoms with van der Waals surface area (Å²) in [7, 11) is 0. The first-order chi connectivity index (χ1) is 12.2. The average molecular weight is 355 g/mol. The third-order valence-electron chi connectivity index (χ3n) is 3.25. The molecule has 1 heterocycles. The normalized spacial score (nSPS) is 10.8. The van der Waals surface area contributed by atoms with E-state index in [1.54, 1.807) is 30.3 Å². The summed E-state index contributed by atoms with van der Waals surface area (Å²) < 4.78 is 11.0. The van der Waals surface area contributed by atoms with Crippen molar-refractivity contribution in [2.24, 2.45) is 5.10 Å². The van der Waals surface area contributed by atoms with Crippen LogP contribution in [0.3, 0.4) is 0 Å². The summed E-state index contributed by atoms with van der Waals surface area (Å²) in [6, 6.07) is 20.0. The Morgan fingerprint density at radius 1 is 1.08 bits per heavy atom. The number of carbonyl (C=O) groups is 1. The largest absolute Gasteiger partial charge is 0.484 e. The molecule has 5 nitrogen and oxygen atoms in total. The molecule has 0 aliphatic heterocycles. The molecule has 0 fully saturated rings. The van der Waals surface area contributed by atoms with E-state index in [4.69, 9.17) is 20.8 Å². The maximum atomic E-state index is 11.7. The number of amides is 1. The van der Waals surface area contributed by atoms with Gasteiger partial charge in [0.2, 0.25) is 0 Å². The Morgan fingerprint density at radius 2 is 1.84 bits per heavy atom. The Bertz CT molecular complexity index is 858. The van der Waals surface area contributed by atoms with Crippen LogP contribution in [0, 0.1) is 0 Å². The second-order valence-corrected chi connectivity index (χ2v) is 5.54. The van der Waals surface area contributed by atoms with Crippen LogP contribution in [-0.2, 0) is 4.79 Å². The molecule has 0 unspecified atom stereocenters. The molecule has 126 valence electrons. The summed E-state index contributed by atoms with van der Waals surface area (Å²) in [4.78, 5) is 11.7. The molecule has 0 bridgehead atoms. The molecule has 6 heteroatoms. The van der Waals surface area contributed by atoms with Crippen LogP contribution in [0.2, 0.25) is 5.02 Å². The lowest BCUT2D eigenvalue weighted by molar-refractivity contribution is -0.123. The average Bonchev–Trinajstić information content (AvgIpc) is 3.10. The van der Waals surface area contributed by atoms with Crippen LogP contribution >= 0.6 is 11.6 Å². The predicted octanol–water partition coefficient (Wildman–Crippen LogP) is 4.13. The predicted molar refractivity (Wildman–Crippen MR) is 96.8 cm³/mol. The van der Waals surface area contributed by atoms with Crippen LogP contribution in [0.1, 0.15) is 5.76 Å². The summed E-state index contributed by atoms with van der Waals surface area (Å²) >= 11 is 5.87. The standard InChI is InChI=1S/C19H15ClN2O3/c20-15-8-6-14(7-9-15)18-11-10-17(25-18)12-21-22-19(23)13-24-16-4-2-1-3-5-16/h1-12H,13H2,(H,22,23)/b21-12-. The molecule has 0 spiro atoms. The molecule has 25 heavy (non-hydrogen) atoms. The highest BCUT2D eigenvalue weighted by atomic mass is 35.5. The van der Waals surface area contributed by atoms with Crippen molar-refractivity contribution < 1.29 is 13.9 Å². The molecule has 1 aromatic heterocycles.